The Morgan fingerprint density at radius 1 is 1.12 bits per heavy atom. The maximum Gasteiger partial charge on any atom is 0.339 e. The van der Waals surface area contributed by atoms with Crippen molar-refractivity contribution in [3.8, 4) is 11.3 Å². The summed E-state index contributed by atoms with van der Waals surface area (Å²) < 4.78 is 10.8. The molecule has 4 rings (SSSR count). The van der Waals surface area contributed by atoms with Crippen molar-refractivity contribution in [2.45, 2.75) is 6.92 Å². The third-order valence-electron chi connectivity index (χ3n) is 4.62. The van der Waals surface area contributed by atoms with E-state index in [0.717, 1.165) is 5.01 Å². The number of hydrogen-bond donors (Lipinski definition) is 1. The summed E-state index contributed by atoms with van der Waals surface area (Å²) >= 11 is 12.1. The molecule has 0 unspecified atom stereocenters. The molecule has 0 aliphatic carbocycles. The summed E-state index contributed by atoms with van der Waals surface area (Å²) in [6, 6.07) is 14.7. The van der Waals surface area contributed by atoms with Crippen LogP contribution in [0.5, 0.6) is 0 Å². The topological polar surface area (TPSA) is 88.9 Å². The second-order valence-corrected chi connectivity index (χ2v) is 7.58. The van der Waals surface area contributed by atoms with E-state index in [-0.39, 0.29) is 22.8 Å². The number of hydrogen-bond acceptors (Lipinski definition) is 5. The van der Waals surface area contributed by atoms with E-state index in [1.165, 1.54) is 6.08 Å². The second kappa shape index (κ2) is 8.90. The zero-order valence-electron chi connectivity index (χ0n) is 16.7. The fourth-order valence-electron chi connectivity index (χ4n) is 3.13. The lowest BCUT2D eigenvalue weighted by Gasteiger charge is -2.14. The van der Waals surface area contributed by atoms with Gasteiger partial charge in [-0.15, -0.1) is 0 Å². The number of nitrogens with one attached hydrogen (secondary N) is 1. The summed E-state index contributed by atoms with van der Waals surface area (Å²) in [5.74, 6) is -0.923. The van der Waals surface area contributed by atoms with Crippen LogP contribution in [0.15, 0.2) is 64.6 Å². The molecule has 32 heavy (non-hydrogen) atoms. The van der Waals surface area contributed by atoms with Crippen molar-refractivity contribution < 1.29 is 23.5 Å². The average molecular weight is 471 g/mol. The molecule has 0 bridgehead atoms. The average Bonchev–Trinajstić information content (AvgIpc) is 3.34. The molecule has 1 N–H and O–H groups in total. The highest BCUT2D eigenvalue weighted by Crippen LogP contribution is 2.29. The standard InChI is InChI=1S/C23H16Cl2N2O5/c1-2-31-23(30)17-10-13(6-8-19(17)25)20-9-7-16(32-20)12-18-21(28)26-27(22(18)29)15-5-3-4-14(24)11-15/h3-12H,2H2,1H3,(H,26,28). The molecular weight excluding hydrogens is 455 g/mol. The van der Waals surface area contributed by atoms with E-state index >= 15 is 0 Å². The van der Waals surface area contributed by atoms with Crippen LogP contribution in [0.2, 0.25) is 10.0 Å². The number of nitrogens with zero attached hydrogens (tertiary/aromatic N) is 1. The van der Waals surface area contributed by atoms with Crippen molar-refractivity contribution in [1.29, 1.82) is 0 Å². The Morgan fingerprint density at radius 3 is 2.69 bits per heavy atom. The number of benzene rings is 2. The number of halogens is 2. The lowest BCUT2D eigenvalue weighted by molar-refractivity contribution is -0.117. The Balaban J connectivity index is 1.60. The number of carbonyl (C=O) groups is 3. The van der Waals surface area contributed by atoms with Gasteiger partial charge < -0.3 is 9.15 Å². The van der Waals surface area contributed by atoms with Gasteiger partial charge in [-0.3, -0.25) is 15.0 Å². The van der Waals surface area contributed by atoms with Crippen LogP contribution in [0.25, 0.3) is 17.4 Å². The van der Waals surface area contributed by atoms with E-state index in [0.29, 0.717) is 27.8 Å². The maximum atomic E-state index is 12.8. The predicted molar refractivity (Wildman–Crippen MR) is 120 cm³/mol. The highest BCUT2D eigenvalue weighted by Gasteiger charge is 2.34. The molecular formula is C23H16Cl2N2O5. The molecule has 1 fully saturated rings. The van der Waals surface area contributed by atoms with Gasteiger partial charge in [-0.2, -0.15) is 0 Å². The molecule has 0 saturated carbocycles. The van der Waals surface area contributed by atoms with Gasteiger partial charge in [-0.25, -0.2) is 9.80 Å². The number of amides is 2. The quantitative estimate of drug-likeness (QED) is 0.325. The van der Waals surface area contributed by atoms with Crippen molar-refractivity contribution in [3.63, 3.8) is 0 Å². The zero-order chi connectivity index (χ0) is 22.8. The third kappa shape index (κ3) is 4.26. The van der Waals surface area contributed by atoms with Crippen molar-refractivity contribution in [1.82, 2.24) is 5.43 Å². The molecule has 2 amide bonds. The Labute approximate surface area is 193 Å². The summed E-state index contributed by atoms with van der Waals surface area (Å²) in [7, 11) is 0. The first-order chi connectivity index (χ1) is 15.4. The molecule has 0 atom stereocenters. The van der Waals surface area contributed by atoms with Gasteiger partial charge >= 0.3 is 5.97 Å². The highest BCUT2D eigenvalue weighted by molar-refractivity contribution is 6.34. The minimum Gasteiger partial charge on any atom is -0.462 e. The minimum absolute atomic E-state index is 0.0887. The van der Waals surface area contributed by atoms with Crippen LogP contribution in [0.3, 0.4) is 0 Å². The maximum absolute atomic E-state index is 12.8. The van der Waals surface area contributed by atoms with Crippen molar-refractivity contribution in [2.75, 3.05) is 11.6 Å². The number of ether oxygens (including phenoxy) is 1. The first-order valence-electron chi connectivity index (χ1n) is 9.57. The van der Waals surface area contributed by atoms with Crippen LogP contribution in [-0.4, -0.2) is 24.4 Å². The summed E-state index contributed by atoms with van der Waals surface area (Å²) in [5.41, 5.74) is 3.65. The van der Waals surface area contributed by atoms with E-state index in [9.17, 15) is 14.4 Å². The SMILES string of the molecule is CCOC(=O)c1cc(-c2ccc(C=C3C(=O)NN(c4cccc(Cl)c4)C3=O)o2)ccc1Cl. The van der Waals surface area contributed by atoms with Crippen LogP contribution >= 0.6 is 23.2 Å². The summed E-state index contributed by atoms with van der Waals surface area (Å²) in [6.45, 7) is 1.93. The molecule has 2 heterocycles. The third-order valence-corrected chi connectivity index (χ3v) is 5.18. The van der Waals surface area contributed by atoms with Crippen LogP contribution in [0.1, 0.15) is 23.0 Å². The number of furan rings is 1. The van der Waals surface area contributed by atoms with Gasteiger partial charge in [0.1, 0.15) is 17.1 Å². The Morgan fingerprint density at radius 2 is 1.94 bits per heavy atom. The van der Waals surface area contributed by atoms with Crippen LogP contribution in [-0.2, 0) is 14.3 Å². The van der Waals surface area contributed by atoms with Gasteiger partial charge in [0.2, 0.25) is 0 Å². The summed E-state index contributed by atoms with van der Waals surface area (Å²) in [6.07, 6.45) is 1.36. The minimum atomic E-state index is -0.566. The van der Waals surface area contributed by atoms with Gasteiger partial charge in [0.15, 0.2) is 0 Å². The number of carbonyl (C=O) groups excluding carboxylic acids is 3. The van der Waals surface area contributed by atoms with E-state index < -0.39 is 17.8 Å². The lowest BCUT2D eigenvalue weighted by Crippen LogP contribution is -2.35. The predicted octanol–water partition coefficient (Wildman–Crippen LogP) is 4.89. The normalized spacial score (nSPS) is 14.7. The molecule has 7 nitrogen and oxygen atoms in total. The van der Waals surface area contributed by atoms with E-state index in [4.69, 9.17) is 32.4 Å². The van der Waals surface area contributed by atoms with Gasteiger partial charge in [0.05, 0.1) is 22.9 Å². The number of esters is 1. The second-order valence-electron chi connectivity index (χ2n) is 6.74. The highest BCUT2D eigenvalue weighted by atomic mass is 35.5. The van der Waals surface area contributed by atoms with Gasteiger partial charge in [0.25, 0.3) is 11.8 Å². The van der Waals surface area contributed by atoms with Gasteiger partial charge in [-0.1, -0.05) is 29.3 Å². The lowest BCUT2D eigenvalue weighted by atomic mass is 10.1. The Hall–Kier alpha value is -3.55. The van der Waals surface area contributed by atoms with Crippen LogP contribution in [0, 0.1) is 0 Å². The first-order valence-corrected chi connectivity index (χ1v) is 10.3. The molecule has 162 valence electrons. The molecule has 9 heteroatoms. The molecule has 2 aromatic carbocycles. The number of anilines is 1. The van der Waals surface area contributed by atoms with E-state index in [1.54, 1.807) is 61.5 Å². The summed E-state index contributed by atoms with van der Waals surface area (Å²) in [5, 5.41) is 1.81. The molecule has 3 aromatic rings. The van der Waals surface area contributed by atoms with Crippen LogP contribution in [0.4, 0.5) is 5.69 Å². The van der Waals surface area contributed by atoms with Gasteiger partial charge in [-0.05, 0) is 61.5 Å². The molecule has 1 saturated heterocycles. The largest absolute Gasteiger partial charge is 0.462 e. The van der Waals surface area contributed by atoms with Crippen molar-refractivity contribution in [3.05, 3.63) is 81.5 Å². The Bertz CT molecular complexity index is 1260. The molecule has 1 aromatic heterocycles. The first kappa shape index (κ1) is 21.7. The van der Waals surface area contributed by atoms with Crippen LogP contribution < -0.4 is 10.4 Å². The van der Waals surface area contributed by atoms with Gasteiger partial charge in [0, 0.05) is 10.6 Å². The van der Waals surface area contributed by atoms with Crippen molar-refractivity contribution in [2.24, 2.45) is 0 Å². The Kier molecular flexibility index (Phi) is 6.03. The zero-order valence-corrected chi connectivity index (χ0v) is 18.2. The molecule has 1 aliphatic rings. The van der Waals surface area contributed by atoms with E-state index in [2.05, 4.69) is 5.43 Å². The monoisotopic (exact) mass is 470 g/mol. The molecule has 0 spiro atoms. The van der Waals surface area contributed by atoms with E-state index in [1.807, 2.05) is 0 Å². The molecule has 0 radical (unpaired) electrons. The fraction of sp³-hybridized carbons (Fsp3) is 0.0870. The number of hydrazine groups is 1. The van der Waals surface area contributed by atoms with Crippen molar-refractivity contribution >= 4 is 52.7 Å². The fourth-order valence-corrected chi connectivity index (χ4v) is 3.51. The summed E-state index contributed by atoms with van der Waals surface area (Å²) in [4.78, 5) is 37.2. The molecule has 1 aliphatic heterocycles. The smallest absolute Gasteiger partial charge is 0.339 e. The number of rotatable bonds is 5.